The van der Waals surface area contributed by atoms with Gasteiger partial charge in [-0.25, -0.2) is 4.79 Å². The van der Waals surface area contributed by atoms with Gasteiger partial charge >= 0.3 is 5.97 Å². The molecule has 66 heavy (non-hydrogen) atoms. The average Bonchev–Trinajstić information content (AvgIpc) is 3.25. The van der Waals surface area contributed by atoms with Crippen LogP contribution in [-0.2, 0) is 33.2 Å². The maximum atomic E-state index is 12.8. The fraction of sp³-hybridized carbons (Fsp3) is 0.938. The number of carboxylic acids is 1. The molecule has 3 aliphatic heterocycles. The Morgan fingerprint density at radius 1 is 0.667 bits per heavy atom. The van der Waals surface area contributed by atoms with Crippen LogP contribution in [0, 0.1) is 50.2 Å². The van der Waals surface area contributed by atoms with Gasteiger partial charge in [0, 0.05) is 10.8 Å². The second kappa shape index (κ2) is 17.7. The number of ether oxygens (including phenoxy) is 6. The van der Waals surface area contributed by atoms with E-state index in [1.807, 2.05) is 6.92 Å². The highest BCUT2D eigenvalue weighted by Gasteiger charge is 2.70. The van der Waals surface area contributed by atoms with E-state index < -0.39 is 116 Å². The Bertz CT molecular complexity index is 1810. The molecule has 378 valence electrons. The van der Waals surface area contributed by atoms with E-state index in [1.165, 1.54) is 12.5 Å². The minimum atomic E-state index is -2.02. The third-order valence-electron chi connectivity index (χ3n) is 19.5. The van der Waals surface area contributed by atoms with Gasteiger partial charge in [-0.05, 0) is 104 Å². The Morgan fingerprint density at radius 2 is 1.27 bits per heavy atom. The summed E-state index contributed by atoms with van der Waals surface area (Å²) in [6.45, 7) is 16.4. The molecule has 5 aliphatic carbocycles. The normalized spacial score (nSPS) is 55.9. The first-order chi connectivity index (χ1) is 30.7. The van der Waals surface area contributed by atoms with Crippen LogP contribution in [0.2, 0.25) is 0 Å². The predicted octanol–water partition coefficient (Wildman–Crippen LogP) is 0.705. The third-order valence-corrected chi connectivity index (χ3v) is 19.5. The molecule has 4 saturated carbocycles. The number of hydrogen-bond donors (Lipinski definition) is 11. The zero-order chi connectivity index (χ0) is 48.4. The van der Waals surface area contributed by atoms with Crippen molar-refractivity contribution in [1.82, 2.24) is 0 Å². The number of aliphatic hydroxyl groups is 10. The summed E-state index contributed by atoms with van der Waals surface area (Å²) in [5, 5.41) is 120. The van der Waals surface area contributed by atoms with Gasteiger partial charge in [0.1, 0.15) is 61.0 Å². The van der Waals surface area contributed by atoms with Crippen molar-refractivity contribution in [3.05, 3.63) is 11.6 Å². The zero-order valence-electron chi connectivity index (χ0n) is 39.7. The van der Waals surface area contributed by atoms with E-state index in [-0.39, 0.29) is 51.6 Å². The molecule has 11 N–H and O–H groups in total. The summed E-state index contributed by atoms with van der Waals surface area (Å²) >= 11 is 0. The van der Waals surface area contributed by atoms with Crippen molar-refractivity contribution >= 4 is 5.97 Å². The van der Waals surface area contributed by atoms with E-state index in [1.54, 1.807) is 0 Å². The number of carbonyl (C=O) groups is 1. The highest BCUT2D eigenvalue weighted by Crippen LogP contribution is 2.76. The van der Waals surface area contributed by atoms with E-state index in [9.17, 15) is 61.0 Å². The van der Waals surface area contributed by atoms with E-state index in [4.69, 9.17) is 28.4 Å². The summed E-state index contributed by atoms with van der Waals surface area (Å²) in [6, 6.07) is 0. The molecule has 0 radical (unpaired) electrons. The van der Waals surface area contributed by atoms with E-state index in [2.05, 4.69) is 47.6 Å². The van der Waals surface area contributed by atoms with Gasteiger partial charge in [0.2, 0.25) is 0 Å². The molecule has 0 bridgehead atoms. The van der Waals surface area contributed by atoms with E-state index >= 15 is 0 Å². The second-order valence-electron chi connectivity index (χ2n) is 23.6. The van der Waals surface area contributed by atoms with Crippen LogP contribution in [0.1, 0.15) is 113 Å². The van der Waals surface area contributed by atoms with Crippen LogP contribution < -0.4 is 0 Å². The Kier molecular flexibility index (Phi) is 13.7. The molecule has 8 aliphatic rings. The molecule has 25 atom stereocenters. The molecule has 18 nitrogen and oxygen atoms in total. The summed E-state index contributed by atoms with van der Waals surface area (Å²) < 4.78 is 34.9. The second-order valence-corrected chi connectivity index (χ2v) is 23.6. The van der Waals surface area contributed by atoms with E-state index in [0.717, 1.165) is 51.4 Å². The highest BCUT2D eigenvalue weighted by atomic mass is 16.8. The van der Waals surface area contributed by atoms with Gasteiger partial charge in [-0.3, -0.25) is 0 Å². The quantitative estimate of drug-likeness (QED) is 0.112. The number of aliphatic hydroxyl groups excluding tert-OH is 10. The Hall–Kier alpha value is -1.43. The van der Waals surface area contributed by atoms with Crippen molar-refractivity contribution in [3.8, 4) is 0 Å². The minimum absolute atomic E-state index is 0.0247. The van der Waals surface area contributed by atoms with E-state index in [0.29, 0.717) is 12.3 Å². The molecule has 7 fully saturated rings. The first-order valence-electron chi connectivity index (χ1n) is 24.3. The smallest absolute Gasteiger partial charge is 0.335 e. The molecule has 3 saturated heterocycles. The van der Waals surface area contributed by atoms with Crippen LogP contribution >= 0.6 is 0 Å². The molecule has 0 amide bonds. The van der Waals surface area contributed by atoms with Crippen LogP contribution in [-0.4, -0.2) is 180 Å². The molecule has 8 rings (SSSR count). The lowest BCUT2D eigenvalue weighted by Gasteiger charge is -2.72. The lowest BCUT2D eigenvalue weighted by atomic mass is 9.33. The van der Waals surface area contributed by atoms with Crippen molar-refractivity contribution < 1.29 is 89.4 Å². The SMILES string of the molecule is C[C@@H]1O[C@@H](O[C@@H]2[C@H](O)[C@@H](O)[C@H](O[C@H]3[C@H](O)[C@@H](O)[C@H](O[C@H]4CC[C@@]5(C)[C@@H](CC[C@]6(C)[C@@H]5CC=C5[C@@H]7CC(C)(C)C[C@@H](O)[C@]7(C)CC[C@]56C)[C@@]4(C)CO)O[C@@H]3C(=O)O)O[C@@H]2CO)[C@H](O)[C@H](O)[C@H]1O. The Balaban J connectivity index is 0.968. The standard InChI is InChI=1S/C48H78O18/c1-21-29(52)30(53)33(56)40(61-21)64-36-24(19-49)62-41(34(57)31(36)54)65-37-32(55)35(58)42(66-38(37)39(59)60)63-28-12-13-45(5)25(46(28,6)20-50)11-14-48(8)26(45)10-9-22-23-17-43(2,3)18-27(51)44(23,4)15-16-47(22,48)7/h9,21,23-38,40-42,49-58H,10-20H2,1-8H3,(H,59,60)/t21-,23-,24+,25+,26+,27+,28-,29-,30+,31+,32+,33+,34+,35+,36-,37-,38-,40-,41-,42+,44+,45-,46+,47+,48+/m0/s1. The van der Waals surface area contributed by atoms with Gasteiger partial charge < -0.3 is 84.6 Å². The number of aliphatic carboxylic acids is 1. The van der Waals surface area contributed by atoms with Gasteiger partial charge in [-0.2, -0.15) is 0 Å². The van der Waals surface area contributed by atoms with Gasteiger partial charge in [0.15, 0.2) is 25.0 Å². The maximum Gasteiger partial charge on any atom is 0.335 e. The number of carboxylic acid groups (broad SMARTS) is 1. The molecule has 3 heterocycles. The Morgan fingerprint density at radius 3 is 1.91 bits per heavy atom. The molecule has 18 heteroatoms. The van der Waals surface area contributed by atoms with Gasteiger partial charge in [0.05, 0.1) is 31.5 Å². The van der Waals surface area contributed by atoms with Crippen LogP contribution in [0.3, 0.4) is 0 Å². The minimum Gasteiger partial charge on any atom is -0.479 e. The molecule has 0 aromatic carbocycles. The molecule has 0 unspecified atom stereocenters. The third kappa shape index (κ3) is 7.78. The van der Waals surface area contributed by atoms with Crippen molar-refractivity contribution in [2.75, 3.05) is 13.2 Å². The maximum absolute atomic E-state index is 12.8. The highest BCUT2D eigenvalue weighted by molar-refractivity contribution is 5.73. The lowest BCUT2D eigenvalue weighted by Crippen LogP contribution is -2.68. The molecular formula is C48H78O18. The fourth-order valence-corrected chi connectivity index (χ4v) is 15.1. The summed E-state index contributed by atoms with van der Waals surface area (Å²) in [7, 11) is 0. The van der Waals surface area contributed by atoms with Crippen LogP contribution in [0.15, 0.2) is 11.6 Å². The topological polar surface area (TPSA) is 295 Å². The number of fused-ring (bicyclic) bond motifs is 7. The monoisotopic (exact) mass is 943 g/mol. The predicted molar refractivity (Wildman–Crippen MR) is 231 cm³/mol. The largest absolute Gasteiger partial charge is 0.479 e. The number of rotatable bonds is 9. The van der Waals surface area contributed by atoms with Crippen molar-refractivity contribution in [1.29, 1.82) is 0 Å². The summed E-state index contributed by atoms with van der Waals surface area (Å²) in [4.78, 5) is 12.8. The van der Waals surface area contributed by atoms with Crippen molar-refractivity contribution in [2.24, 2.45) is 50.2 Å². The molecular weight excluding hydrogens is 865 g/mol. The molecule has 0 aromatic rings. The Labute approximate surface area is 387 Å². The summed E-state index contributed by atoms with van der Waals surface area (Å²) in [5.41, 5.74) is 0.189. The molecule has 0 aromatic heterocycles. The lowest BCUT2D eigenvalue weighted by molar-refractivity contribution is -0.379. The average molecular weight is 943 g/mol. The number of allylic oxidation sites excluding steroid dienone is 2. The van der Waals surface area contributed by atoms with Crippen LogP contribution in [0.4, 0.5) is 0 Å². The van der Waals surface area contributed by atoms with Gasteiger partial charge in [-0.15, -0.1) is 0 Å². The zero-order valence-corrected chi connectivity index (χ0v) is 39.7. The van der Waals surface area contributed by atoms with Gasteiger partial charge in [-0.1, -0.05) is 60.1 Å². The summed E-state index contributed by atoms with van der Waals surface area (Å²) in [5.74, 6) is -1.05. The van der Waals surface area contributed by atoms with Crippen LogP contribution in [0.5, 0.6) is 0 Å². The first kappa shape index (κ1) is 50.9. The van der Waals surface area contributed by atoms with Crippen molar-refractivity contribution in [3.63, 3.8) is 0 Å². The van der Waals surface area contributed by atoms with Gasteiger partial charge in [0.25, 0.3) is 0 Å². The summed E-state index contributed by atoms with van der Waals surface area (Å²) in [6.07, 6.45) is -16.9. The first-order valence-corrected chi connectivity index (χ1v) is 24.3. The molecule has 0 spiro atoms. The van der Waals surface area contributed by atoms with Crippen LogP contribution in [0.25, 0.3) is 0 Å². The fourth-order valence-electron chi connectivity index (χ4n) is 15.1. The van der Waals surface area contributed by atoms with Crippen molar-refractivity contribution in [2.45, 2.75) is 218 Å². The number of hydrogen-bond acceptors (Lipinski definition) is 17.